The third-order valence-electron chi connectivity index (χ3n) is 4.93. The zero-order valence-corrected chi connectivity index (χ0v) is 20.5. The number of ether oxygens (including phenoxy) is 2. The third kappa shape index (κ3) is 9.94. The van der Waals surface area contributed by atoms with E-state index in [0.29, 0.717) is 35.7 Å². The Hall–Kier alpha value is -2.89. The van der Waals surface area contributed by atoms with Crippen LogP contribution in [0.5, 0.6) is 11.5 Å². The van der Waals surface area contributed by atoms with E-state index in [-0.39, 0.29) is 11.7 Å². The highest BCUT2D eigenvalue weighted by atomic mass is 32.2. The maximum absolute atomic E-state index is 13.9. The highest BCUT2D eigenvalue weighted by molar-refractivity contribution is 7.85. The summed E-state index contributed by atoms with van der Waals surface area (Å²) >= 11 is 0. The standard InChI is InChI=1S/C22H28FN3O3.CH4O3S/c1-17(27)24-18-8-9-21(22(16-18)28-2)29-15-5-10-25-11-13-26(14-12-25)20-7-4-3-6-19(20)23;1-5(2,3)4/h3-4,6-9,16H,5,10-15H2,1-2H3,(H,24,27);1H3,(H,2,3,4). The summed E-state index contributed by atoms with van der Waals surface area (Å²) < 4.78 is 51.0. The number of halogens is 1. The van der Waals surface area contributed by atoms with Crippen LogP contribution in [0.1, 0.15) is 13.3 Å². The number of benzene rings is 2. The number of para-hydroxylation sites is 1. The molecule has 188 valence electrons. The predicted octanol–water partition coefficient (Wildman–Crippen LogP) is 2.89. The molecule has 1 heterocycles. The molecule has 0 unspecified atom stereocenters. The van der Waals surface area contributed by atoms with Crippen molar-refractivity contribution in [3.05, 3.63) is 48.3 Å². The number of hydrogen-bond donors (Lipinski definition) is 2. The molecule has 1 aliphatic rings. The van der Waals surface area contributed by atoms with E-state index in [4.69, 9.17) is 14.0 Å². The number of carbonyl (C=O) groups is 1. The molecule has 2 aromatic rings. The molecule has 9 nitrogen and oxygen atoms in total. The minimum atomic E-state index is -3.67. The van der Waals surface area contributed by atoms with Crippen LogP contribution in [0.25, 0.3) is 0 Å². The molecule has 0 aliphatic carbocycles. The van der Waals surface area contributed by atoms with Crippen LogP contribution in [0.2, 0.25) is 0 Å². The second-order valence-electron chi connectivity index (χ2n) is 7.76. The van der Waals surface area contributed by atoms with Crippen molar-refractivity contribution in [3.63, 3.8) is 0 Å². The fourth-order valence-electron chi connectivity index (χ4n) is 3.46. The number of piperazine rings is 1. The number of methoxy groups -OCH3 is 1. The molecule has 34 heavy (non-hydrogen) atoms. The third-order valence-corrected chi connectivity index (χ3v) is 4.93. The van der Waals surface area contributed by atoms with Crippen LogP contribution in [0.15, 0.2) is 42.5 Å². The lowest BCUT2D eigenvalue weighted by molar-refractivity contribution is -0.114. The van der Waals surface area contributed by atoms with Crippen molar-refractivity contribution in [3.8, 4) is 11.5 Å². The fraction of sp³-hybridized carbons (Fsp3) is 0.435. The van der Waals surface area contributed by atoms with Gasteiger partial charge >= 0.3 is 0 Å². The van der Waals surface area contributed by atoms with Crippen LogP contribution >= 0.6 is 0 Å². The van der Waals surface area contributed by atoms with Crippen LogP contribution in [0.4, 0.5) is 15.8 Å². The van der Waals surface area contributed by atoms with E-state index in [1.54, 1.807) is 31.4 Å². The van der Waals surface area contributed by atoms with E-state index in [9.17, 15) is 17.6 Å². The van der Waals surface area contributed by atoms with Gasteiger partial charge in [0, 0.05) is 51.4 Å². The maximum atomic E-state index is 13.9. The number of nitrogens with zero attached hydrogens (tertiary/aromatic N) is 2. The van der Waals surface area contributed by atoms with Gasteiger partial charge in [-0.25, -0.2) is 4.39 Å². The SMILES string of the molecule is COc1cc(NC(C)=O)ccc1OCCCN1CCN(c2ccccc2F)CC1.CS(=O)(=O)O. The number of anilines is 2. The largest absolute Gasteiger partial charge is 0.493 e. The topological polar surface area (TPSA) is 108 Å². The predicted molar refractivity (Wildman–Crippen MR) is 130 cm³/mol. The highest BCUT2D eigenvalue weighted by Crippen LogP contribution is 2.30. The highest BCUT2D eigenvalue weighted by Gasteiger charge is 2.19. The maximum Gasteiger partial charge on any atom is 0.261 e. The minimum Gasteiger partial charge on any atom is -0.493 e. The molecule has 11 heteroatoms. The number of nitrogens with one attached hydrogen (secondary N) is 1. The first-order valence-electron chi connectivity index (χ1n) is 10.8. The van der Waals surface area contributed by atoms with Gasteiger partial charge in [0.2, 0.25) is 5.91 Å². The Kier molecular flexibility index (Phi) is 10.6. The molecule has 0 spiro atoms. The number of hydrogen-bond acceptors (Lipinski definition) is 7. The van der Waals surface area contributed by atoms with Gasteiger partial charge in [-0.1, -0.05) is 12.1 Å². The Balaban J connectivity index is 0.000000739. The molecule has 0 radical (unpaired) electrons. The summed E-state index contributed by atoms with van der Waals surface area (Å²) in [6.45, 7) is 6.42. The molecule has 0 bridgehead atoms. The molecule has 3 rings (SSSR count). The van der Waals surface area contributed by atoms with Crippen LogP contribution in [0, 0.1) is 5.82 Å². The van der Waals surface area contributed by atoms with Gasteiger partial charge in [0.15, 0.2) is 11.5 Å². The Labute approximate surface area is 200 Å². The van der Waals surface area contributed by atoms with Gasteiger partial charge in [0.05, 0.1) is 25.7 Å². The molecule has 2 aromatic carbocycles. The summed E-state index contributed by atoms with van der Waals surface area (Å²) in [5, 5.41) is 2.73. The van der Waals surface area contributed by atoms with Gasteiger partial charge in [-0.3, -0.25) is 14.2 Å². The van der Waals surface area contributed by atoms with Gasteiger partial charge < -0.3 is 19.7 Å². The van der Waals surface area contributed by atoms with Gasteiger partial charge in [-0.05, 0) is 30.7 Å². The van der Waals surface area contributed by atoms with Crippen LogP contribution < -0.4 is 19.7 Å². The summed E-state index contributed by atoms with van der Waals surface area (Å²) in [5.41, 5.74) is 1.36. The summed E-state index contributed by atoms with van der Waals surface area (Å²) in [5.74, 6) is 0.962. The lowest BCUT2D eigenvalue weighted by Gasteiger charge is -2.36. The van der Waals surface area contributed by atoms with Crippen molar-refractivity contribution in [1.82, 2.24) is 4.90 Å². The van der Waals surface area contributed by atoms with Crippen LogP contribution in [-0.4, -0.2) is 76.5 Å². The first-order valence-corrected chi connectivity index (χ1v) is 12.6. The molecule has 2 N–H and O–H groups in total. The lowest BCUT2D eigenvalue weighted by atomic mass is 10.2. The van der Waals surface area contributed by atoms with Crippen LogP contribution in [-0.2, 0) is 14.9 Å². The summed E-state index contributed by atoms with van der Waals surface area (Å²) in [7, 11) is -2.09. The van der Waals surface area contributed by atoms with E-state index in [1.807, 2.05) is 12.1 Å². The molecule has 0 saturated carbocycles. The first-order chi connectivity index (χ1) is 16.1. The Morgan fingerprint density at radius 2 is 1.76 bits per heavy atom. The van der Waals surface area contributed by atoms with Gasteiger partial charge in [0.1, 0.15) is 5.82 Å². The van der Waals surface area contributed by atoms with Gasteiger partial charge in [-0.15, -0.1) is 0 Å². The fourth-order valence-corrected chi connectivity index (χ4v) is 3.46. The van der Waals surface area contributed by atoms with Crippen molar-refractivity contribution in [1.29, 1.82) is 0 Å². The molecule has 0 atom stereocenters. The average molecular weight is 498 g/mol. The smallest absolute Gasteiger partial charge is 0.261 e. The Morgan fingerprint density at radius 3 is 2.35 bits per heavy atom. The van der Waals surface area contributed by atoms with E-state index in [0.717, 1.165) is 39.1 Å². The lowest BCUT2D eigenvalue weighted by Crippen LogP contribution is -2.47. The number of rotatable bonds is 8. The summed E-state index contributed by atoms with van der Waals surface area (Å²) in [6.07, 6.45) is 1.60. The minimum absolute atomic E-state index is 0.129. The quantitative estimate of drug-likeness (QED) is 0.423. The monoisotopic (exact) mass is 497 g/mol. The zero-order valence-electron chi connectivity index (χ0n) is 19.7. The van der Waals surface area contributed by atoms with Crippen molar-refractivity contribution >= 4 is 27.4 Å². The van der Waals surface area contributed by atoms with Gasteiger partial charge in [-0.2, -0.15) is 8.42 Å². The van der Waals surface area contributed by atoms with Crippen molar-refractivity contribution in [2.45, 2.75) is 13.3 Å². The normalized spacial score (nSPS) is 14.1. The first kappa shape index (κ1) is 27.4. The van der Waals surface area contributed by atoms with E-state index in [2.05, 4.69) is 15.1 Å². The van der Waals surface area contributed by atoms with E-state index >= 15 is 0 Å². The second kappa shape index (κ2) is 13.1. The molecule has 0 aromatic heterocycles. The van der Waals surface area contributed by atoms with Crippen molar-refractivity contribution in [2.24, 2.45) is 0 Å². The Morgan fingerprint density at radius 1 is 1.12 bits per heavy atom. The van der Waals surface area contributed by atoms with E-state index in [1.165, 1.54) is 13.0 Å². The molecule has 1 fully saturated rings. The van der Waals surface area contributed by atoms with Crippen molar-refractivity contribution in [2.75, 3.05) is 62.9 Å². The zero-order chi connectivity index (χ0) is 25.1. The van der Waals surface area contributed by atoms with Crippen molar-refractivity contribution < 1.29 is 31.6 Å². The van der Waals surface area contributed by atoms with Crippen LogP contribution in [0.3, 0.4) is 0 Å². The Bertz CT molecular complexity index is 1030. The summed E-state index contributed by atoms with van der Waals surface area (Å²) in [6, 6.07) is 12.3. The molecular formula is C23H32FN3O6S. The molecular weight excluding hydrogens is 465 g/mol. The molecule has 1 amide bonds. The molecule has 1 aliphatic heterocycles. The summed E-state index contributed by atoms with van der Waals surface area (Å²) in [4.78, 5) is 15.6. The molecule has 1 saturated heterocycles. The second-order valence-corrected chi connectivity index (χ2v) is 9.23. The number of amides is 1. The number of carbonyl (C=O) groups excluding carboxylic acids is 1. The average Bonchev–Trinajstić information content (AvgIpc) is 2.77. The van der Waals surface area contributed by atoms with Gasteiger partial charge in [0.25, 0.3) is 10.1 Å². The van der Waals surface area contributed by atoms with E-state index < -0.39 is 10.1 Å².